The molecule has 158 valence electrons. The zero-order valence-electron chi connectivity index (χ0n) is 17.4. The Morgan fingerprint density at radius 3 is 2.29 bits per heavy atom. The lowest BCUT2D eigenvalue weighted by atomic mass is 10.1. The van der Waals surface area contributed by atoms with E-state index in [1.807, 2.05) is 61.8 Å². The van der Waals surface area contributed by atoms with Gasteiger partial charge in [-0.2, -0.15) is 0 Å². The fraction of sp³-hybridized carbons (Fsp3) is 0.160. The summed E-state index contributed by atoms with van der Waals surface area (Å²) in [5.41, 5.74) is 3.98. The van der Waals surface area contributed by atoms with Gasteiger partial charge in [-0.05, 0) is 66.2 Å². The number of benzene rings is 3. The molecule has 4 aromatic rings. The van der Waals surface area contributed by atoms with Gasteiger partial charge in [0.15, 0.2) is 0 Å². The lowest BCUT2D eigenvalue weighted by Gasteiger charge is -2.18. The minimum absolute atomic E-state index is 0.244. The Hall–Kier alpha value is -3.31. The summed E-state index contributed by atoms with van der Waals surface area (Å²) >= 11 is 6.07. The standard InChI is InChI=1S/C25H23ClFN3O/c1-29(22-11-13-24(31-2)14-12-22)16-21-17-30(23-9-5-19(26)6-10-23)25(28-21)15-18-3-7-20(27)8-4-18/h3-14,17H,15-16H2,1-2H3. The first-order valence-electron chi connectivity index (χ1n) is 9.94. The summed E-state index contributed by atoms with van der Waals surface area (Å²) in [7, 11) is 3.69. The van der Waals surface area contributed by atoms with Gasteiger partial charge in [0, 0.05) is 36.1 Å². The number of methoxy groups -OCH3 is 1. The summed E-state index contributed by atoms with van der Waals surface area (Å²) < 4.78 is 20.6. The highest BCUT2D eigenvalue weighted by Gasteiger charge is 2.13. The zero-order chi connectivity index (χ0) is 21.8. The number of aromatic nitrogens is 2. The molecule has 0 saturated carbocycles. The number of ether oxygens (including phenoxy) is 1. The fourth-order valence-electron chi connectivity index (χ4n) is 3.45. The Balaban J connectivity index is 1.63. The first kappa shape index (κ1) is 20.9. The van der Waals surface area contributed by atoms with E-state index in [9.17, 15) is 4.39 Å². The van der Waals surface area contributed by atoms with Crippen LogP contribution in [0, 0.1) is 5.82 Å². The van der Waals surface area contributed by atoms with Gasteiger partial charge in [-0.1, -0.05) is 23.7 Å². The molecule has 4 rings (SSSR count). The van der Waals surface area contributed by atoms with Crippen LogP contribution in [0.1, 0.15) is 17.1 Å². The molecular weight excluding hydrogens is 413 g/mol. The van der Waals surface area contributed by atoms with Crippen molar-refractivity contribution in [2.24, 2.45) is 0 Å². The topological polar surface area (TPSA) is 30.3 Å². The maximum Gasteiger partial charge on any atom is 0.123 e. The van der Waals surface area contributed by atoms with Crippen molar-refractivity contribution < 1.29 is 9.13 Å². The van der Waals surface area contributed by atoms with Gasteiger partial charge < -0.3 is 14.2 Å². The number of halogens is 2. The van der Waals surface area contributed by atoms with Crippen molar-refractivity contribution >= 4 is 17.3 Å². The smallest absolute Gasteiger partial charge is 0.123 e. The Morgan fingerprint density at radius 1 is 0.968 bits per heavy atom. The normalized spacial score (nSPS) is 10.8. The van der Waals surface area contributed by atoms with Crippen LogP contribution in [-0.2, 0) is 13.0 Å². The SMILES string of the molecule is COc1ccc(N(C)Cc2cn(-c3ccc(Cl)cc3)c(Cc3ccc(F)cc3)n2)cc1. The molecule has 0 N–H and O–H groups in total. The molecule has 0 bridgehead atoms. The molecule has 0 atom stereocenters. The molecular formula is C25H23ClFN3O. The minimum Gasteiger partial charge on any atom is -0.497 e. The van der Waals surface area contributed by atoms with E-state index in [2.05, 4.69) is 9.47 Å². The first-order valence-corrected chi connectivity index (χ1v) is 10.3. The third-order valence-electron chi connectivity index (χ3n) is 5.12. The summed E-state index contributed by atoms with van der Waals surface area (Å²) in [5.74, 6) is 1.46. The van der Waals surface area contributed by atoms with Gasteiger partial charge >= 0.3 is 0 Å². The van der Waals surface area contributed by atoms with Crippen LogP contribution in [-0.4, -0.2) is 23.7 Å². The number of imidazole rings is 1. The highest BCUT2D eigenvalue weighted by atomic mass is 35.5. The van der Waals surface area contributed by atoms with Gasteiger partial charge in [0.1, 0.15) is 17.4 Å². The molecule has 1 heterocycles. The van der Waals surface area contributed by atoms with Crippen molar-refractivity contribution in [2.75, 3.05) is 19.1 Å². The number of hydrogen-bond acceptors (Lipinski definition) is 3. The zero-order valence-corrected chi connectivity index (χ0v) is 18.2. The summed E-state index contributed by atoms with van der Waals surface area (Å²) in [6.45, 7) is 0.642. The molecule has 3 aromatic carbocycles. The maximum atomic E-state index is 13.3. The van der Waals surface area contributed by atoms with Crippen LogP contribution < -0.4 is 9.64 Å². The second kappa shape index (κ2) is 9.23. The molecule has 0 radical (unpaired) electrons. The van der Waals surface area contributed by atoms with Crippen LogP contribution in [0.5, 0.6) is 5.75 Å². The van der Waals surface area contributed by atoms with Crippen LogP contribution in [0.2, 0.25) is 5.02 Å². The van der Waals surface area contributed by atoms with Crippen molar-refractivity contribution in [3.05, 3.63) is 107 Å². The largest absolute Gasteiger partial charge is 0.497 e. The Kier molecular flexibility index (Phi) is 6.23. The second-order valence-electron chi connectivity index (χ2n) is 7.35. The predicted octanol–water partition coefficient (Wildman–Crippen LogP) is 5.90. The molecule has 31 heavy (non-hydrogen) atoms. The highest BCUT2D eigenvalue weighted by Crippen LogP contribution is 2.22. The van der Waals surface area contributed by atoms with Gasteiger partial charge in [0.2, 0.25) is 0 Å². The van der Waals surface area contributed by atoms with E-state index in [1.165, 1.54) is 12.1 Å². The predicted molar refractivity (Wildman–Crippen MR) is 123 cm³/mol. The number of hydrogen-bond donors (Lipinski definition) is 0. The van der Waals surface area contributed by atoms with Crippen LogP contribution in [0.15, 0.2) is 79.0 Å². The fourth-order valence-corrected chi connectivity index (χ4v) is 3.58. The number of nitrogens with zero attached hydrogens (tertiary/aromatic N) is 3. The van der Waals surface area contributed by atoms with E-state index in [4.69, 9.17) is 21.3 Å². The molecule has 1 aromatic heterocycles. The van der Waals surface area contributed by atoms with E-state index in [0.29, 0.717) is 18.0 Å². The van der Waals surface area contributed by atoms with E-state index < -0.39 is 0 Å². The minimum atomic E-state index is -0.244. The van der Waals surface area contributed by atoms with Crippen LogP contribution in [0.3, 0.4) is 0 Å². The molecule has 0 spiro atoms. The van der Waals surface area contributed by atoms with Crippen molar-refractivity contribution in [3.63, 3.8) is 0 Å². The van der Waals surface area contributed by atoms with Gasteiger partial charge in [-0.25, -0.2) is 9.37 Å². The molecule has 0 aliphatic rings. The van der Waals surface area contributed by atoms with Gasteiger partial charge in [-0.3, -0.25) is 0 Å². The molecule has 4 nitrogen and oxygen atoms in total. The van der Waals surface area contributed by atoms with Crippen LogP contribution in [0.4, 0.5) is 10.1 Å². The Bertz CT molecular complexity index is 1140. The Labute approximate surface area is 186 Å². The lowest BCUT2D eigenvalue weighted by molar-refractivity contribution is 0.415. The van der Waals surface area contributed by atoms with Gasteiger partial charge in [-0.15, -0.1) is 0 Å². The summed E-state index contributed by atoms with van der Waals surface area (Å²) in [6, 6.07) is 22.1. The molecule has 0 fully saturated rings. The third kappa shape index (κ3) is 5.06. The second-order valence-corrected chi connectivity index (χ2v) is 7.79. The van der Waals surface area contributed by atoms with Crippen LogP contribution in [0.25, 0.3) is 5.69 Å². The van der Waals surface area contributed by atoms with Crippen molar-refractivity contribution in [2.45, 2.75) is 13.0 Å². The average molecular weight is 436 g/mol. The van der Waals surface area contributed by atoms with E-state index >= 15 is 0 Å². The van der Waals surface area contributed by atoms with E-state index in [0.717, 1.165) is 34.2 Å². The average Bonchev–Trinajstić information content (AvgIpc) is 3.17. The van der Waals surface area contributed by atoms with Crippen molar-refractivity contribution in [1.82, 2.24) is 9.55 Å². The lowest BCUT2D eigenvalue weighted by Crippen LogP contribution is -2.16. The van der Waals surface area contributed by atoms with Crippen molar-refractivity contribution in [3.8, 4) is 11.4 Å². The highest BCUT2D eigenvalue weighted by molar-refractivity contribution is 6.30. The molecule has 0 aliphatic carbocycles. The molecule has 0 aliphatic heterocycles. The maximum absolute atomic E-state index is 13.3. The third-order valence-corrected chi connectivity index (χ3v) is 5.37. The number of rotatable bonds is 7. The molecule has 6 heteroatoms. The summed E-state index contributed by atoms with van der Waals surface area (Å²) in [5, 5.41) is 0.684. The summed E-state index contributed by atoms with van der Waals surface area (Å²) in [4.78, 5) is 7.03. The monoisotopic (exact) mass is 435 g/mol. The number of anilines is 1. The molecule has 0 unspecified atom stereocenters. The van der Waals surface area contributed by atoms with Crippen LogP contribution >= 0.6 is 11.6 Å². The first-order chi connectivity index (χ1) is 15.0. The van der Waals surface area contributed by atoms with Gasteiger partial charge in [0.05, 0.1) is 19.3 Å². The van der Waals surface area contributed by atoms with Crippen molar-refractivity contribution in [1.29, 1.82) is 0 Å². The van der Waals surface area contributed by atoms with Gasteiger partial charge in [0.25, 0.3) is 0 Å². The quantitative estimate of drug-likeness (QED) is 0.362. The van der Waals surface area contributed by atoms with E-state index in [1.54, 1.807) is 19.2 Å². The molecule has 0 amide bonds. The molecule has 0 saturated heterocycles. The summed E-state index contributed by atoms with van der Waals surface area (Å²) in [6.07, 6.45) is 2.64. The van der Waals surface area contributed by atoms with E-state index in [-0.39, 0.29) is 5.82 Å². The Morgan fingerprint density at radius 2 is 1.65 bits per heavy atom.